The van der Waals surface area contributed by atoms with E-state index in [4.69, 9.17) is 5.73 Å². The van der Waals surface area contributed by atoms with Gasteiger partial charge in [0.05, 0.1) is 11.7 Å². The Labute approximate surface area is 130 Å². The molecule has 0 fully saturated rings. The van der Waals surface area contributed by atoms with Crippen LogP contribution >= 0.6 is 0 Å². The first-order valence-electron chi connectivity index (χ1n) is 7.42. The van der Waals surface area contributed by atoms with Gasteiger partial charge in [0, 0.05) is 11.8 Å². The Kier molecular flexibility index (Phi) is 4.26. The SMILES string of the molecule is Cc1ccccc1-c1ccnc(C(N)Cc2ccccc2)n1. The summed E-state index contributed by atoms with van der Waals surface area (Å²) in [6, 6.07) is 20.1. The maximum absolute atomic E-state index is 6.29. The number of aryl methyl sites for hydroxylation is 1. The smallest absolute Gasteiger partial charge is 0.145 e. The minimum Gasteiger partial charge on any atom is -0.321 e. The molecule has 0 bridgehead atoms. The molecule has 0 amide bonds. The van der Waals surface area contributed by atoms with Crippen LogP contribution in [-0.2, 0) is 6.42 Å². The van der Waals surface area contributed by atoms with Crippen LogP contribution in [0.1, 0.15) is 23.0 Å². The molecule has 1 atom stereocenters. The summed E-state index contributed by atoms with van der Waals surface area (Å²) in [6.07, 6.45) is 2.52. The molecule has 22 heavy (non-hydrogen) atoms. The highest BCUT2D eigenvalue weighted by molar-refractivity contribution is 5.62. The number of hydrogen-bond donors (Lipinski definition) is 1. The van der Waals surface area contributed by atoms with Gasteiger partial charge in [-0.3, -0.25) is 0 Å². The maximum Gasteiger partial charge on any atom is 0.145 e. The van der Waals surface area contributed by atoms with E-state index in [0.29, 0.717) is 5.82 Å². The zero-order chi connectivity index (χ0) is 15.4. The van der Waals surface area contributed by atoms with Crippen LogP contribution in [0.2, 0.25) is 0 Å². The second-order valence-electron chi connectivity index (χ2n) is 5.41. The third kappa shape index (κ3) is 3.21. The number of rotatable bonds is 4. The molecule has 2 N–H and O–H groups in total. The molecular formula is C19H19N3. The average Bonchev–Trinajstić information content (AvgIpc) is 2.56. The maximum atomic E-state index is 6.29. The lowest BCUT2D eigenvalue weighted by atomic mass is 10.0. The molecule has 0 aliphatic carbocycles. The Morgan fingerprint density at radius 2 is 1.68 bits per heavy atom. The highest BCUT2D eigenvalue weighted by atomic mass is 14.9. The van der Waals surface area contributed by atoms with E-state index in [1.54, 1.807) is 6.20 Å². The van der Waals surface area contributed by atoms with E-state index in [1.807, 2.05) is 36.4 Å². The third-order valence-electron chi connectivity index (χ3n) is 3.73. The van der Waals surface area contributed by atoms with Gasteiger partial charge in [-0.2, -0.15) is 0 Å². The van der Waals surface area contributed by atoms with Crippen molar-refractivity contribution in [1.29, 1.82) is 0 Å². The molecule has 2 aromatic carbocycles. The van der Waals surface area contributed by atoms with E-state index in [0.717, 1.165) is 17.7 Å². The topological polar surface area (TPSA) is 51.8 Å². The van der Waals surface area contributed by atoms with E-state index >= 15 is 0 Å². The summed E-state index contributed by atoms with van der Waals surface area (Å²) in [5.74, 6) is 0.685. The summed E-state index contributed by atoms with van der Waals surface area (Å²) in [6.45, 7) is 2.08. The predicted octanol–water partition coefficient (Wildman–Crippen LogP) is 3.69. The van der Waals surface area contributed by atoms with Crippen LogP contribution in [0.3, 0.4) is 0 Å². The van der Waals surface area contributed by atoms with E-state index in [-0.39, 0.29) is 6.04 Å². The van der Waals surface area contributed by atoms with Crippen LogP contribution in [0.25, 0.3) is 11.3 Å². The largest absolute Gasteiger partial charge is 0.321 e. The van der Waals surface area contributed by atoms with Crippen LogP contribution in [0, 0.1) is 6.92 Å². The third-order valence-corrected chi connectivity index (χ3v) is 3.73. The van der Waals surface area contributed by atoms with Gasteiger partial charge in [0.25, 0.3) is 0 Å². The van der Waals surface area contributed by atoms with Crippen molar-refractivity contribution in [3.05, 3.63) is 83.8 Å². The van der Waals surface area contributed by atoms with Gasteiger partial charge in [-0.05, 0) is 30.5 Å². The highest BCUT2D eigenvalue weighted by Gasteiger charge is 2.12. The molecule has 1 heterocycles. The van der Waals surface area contributed by atoms with Gasteiger partial charge < -0.3 is 5.73 Å². The zero-order valence-corrected chi connectivity index (χ0v) is 12.6. The second-order valence-corrected chi connectivity index (χ2v) is 5.41. The zero-order valence-electron chi connectivity index (χ0n) is 12.6. The first kappa shape index (κ1) is 14.4. The molecule has 110 valence electrons. The number of aromatic nitrogens is 2. The van der Waals surface area contributed by atoms with Gasteiger partial charge in [-0.25, -0.2) is 9.97 Å². The minimum atomic E-state index is -0.202. The molecule has 1 aromatic heterocycles. The van der Waals surface area contributed by atoms with Crippen molar-refractivity contribution in [2.24, 2.45) is 5.73 Å². The fraction of sp³-hybridized carbons (Fsp3) is 0.158. The lowest BCUT2D eigenvalue weighted by Gasteiger charge is -2.12. The van der Waals surface area contributed by atoms with Crippen molar-refractivity contribution in [3.8, 4) is 11.3 Å². The van der Waals surface area contributed by atoms with Crippen LogP contribution in [0.15, 0.2) is 66.9 Å². The molecule has 0 spiro atoms. The fourth-order valence-electron chi connectivity index (χ4n) is 2.52. The Bertz CT molecular complexity index is 753. The van der Waals surface area contributed by atoms with Gasteiger partial charge in [-0.15, -0.1) is 0 Å². The molecule has 3 aromatic rings. The molecule has 0 aliphatic heterocycles. The summed E-state index contributed by atoms with van der Waals surface area (Å²) in [4.78, 5) is 9.02. The fourth-order valence-corrected chi connectivity index (χ4v) is 2.52. The summed E-state index contributed by atoms with van der Waals surface area (Å²) in [7, 11) is 0. The van der Waals surface area contributed by atoms with E-state index in [2.05, 4.69) is 41.2 Å². The van der Waals surface area contributed by atoms with Crippen LogP contribution in [0.4, 0.5) is 0 Å². The van der Waals surface area contributed by atoms with Crippen molar-refractivity contribution in [3.63, 3.8) is 0 Å². The lowest BCUT2D eigenvalue weighted by molar-refractivity contribution is 0.668. The Balaban J connectivity index is 1.86. The van der Waals surface area contributed by atoms with Crippen LogP contribution < -0.4 is 5.73 Å². The first-order chi connectivity index (χ1) is 10.7. The lowest BCUT2D eigenvalue weighted by Crippen LogP contribution is -2.17. The molecule has 0 saturated heterocycles. The number of nitrogens with zero attached hydrogens (tertiary/aromatic N) is 2. The number of hydrogen-bond acceptors (Lipinski definition) is 3. The van der Waals surface area contributed by atoms with Crippen LogP contribution in [0.5, 0.6) is 0 Å². The quantitative estimate of drug-likeness (QED) is 0.797. The standard InChI is InChI=1S/C19H19N3/c1-14-7-5-6-10-16(14)18-11-12-21-19(22-18)17(20)13-15-8-3-2-4-9-15/h2-12,17H,13,20H2,1H3. The monoisotopic (exact) mass is 289 g/mol. The summed E-state index contributed by atoms with van der Waals surface area (Å²) >= 11 is 0. The molecule has 0 radical (unpaired) electrons. The van der Waals surface area contributed by atoms with Gasteiger partial charge in [0.15, 0.2) is 0 Å². The van der Waals surface area contributed by atoms with Crippen molar-refractivity contribution < 1.29 is 0 Å². The molecule has 3 heteroatoms. The summed E-state index contributed by atoms with van der Waals surface area (Å²) in [5, 5.41) is 0. The molecular weight excluding hydrogens is 270 g/mol. The van der Waals surface area contributed by atoms with Crippen LogP contribution in [-0.4, -0.2) is 9.97 Å². The second kappa shape index (κ2) is 6.50. The number of nitrogens with two attached hydrogens (primary N) is 1. The number of benzene rings is 2. The Hall–Kier alpha value is -2.52. The van der Waals surface area contributed by atoms with Crippen molar-refractivity contribution >= 4 is 0 Å². The van der Waals surface area contributed by atoms with Gasteiger partial charge in [-0.1, -0.05) is 54.6 Å². The Morgan fingerprint density at radius 1 is 0.955 bits per heavy atom. The van der Waals surface area contributed by atoms with Gasteiger partial charge in [0.1, 0.15) is 5.82 Å². The van der Waals surface area contributed by atoms with Gasteiger partial charge >= 0.3 is 0 Å². The molecule has 0 aliphatic rings. The molecule has 3 nitrogen and oxygen atoms in total. The Morgan fingerprint density at radius 3 is 2.45 bits per heavy atom. The molecule has 1 unspecified atom stereocenters. The molecule has 0 saturated carbocycles. The molecule has 3 rings (SSSR count). The van der Waals surface area contributed by atoms with Crippen molar-refractivity contribution in [2.75, 3.05) is 0 Å². The van der Waals surface area contributed by atoms with E-state index < -0.39 is 0 Å². The summed E-state index contributed by atoms with van der Waals surface area (Å²) in [5.41, 5.74) is 10.7. The first-order valence-corrected chi connectivity index (χ1v) is 7.42. The van der Waals surface area contributed by atoms with E-state index in [1.165, 1.54) is 11.1 Å². The predicted molar refractivity (Wildman–Crippen MR) is 89.3 cm³/mol. The summed E-state index contributed by atoms with van der Waals surface area (Å²) < 4.78 is 0. The van der Waals surface area contributed by atoms with Gasteiger partial charge in [0.2, 0.25) is 0 Å². The highest BCUT2D eigenvalue weighted by Crippen LogP contribution is 2.22. The minimum absolute atomic E-state index is 0.202. The van der Waals surface area contributed by atoms with Crippen molar-refractivity contribution in [1.82, 2.24) is 9.97 Å². The average molecular weight is 289 g/mol. The normalized spacial score (nSPS) is 12.1. The van der Waals surface area contributed by atoms with E-state index in [9.17, 15) is 0 Å². The van der Waals surface area contributed by atoms with Crippen molar-refractivity contribution in [2.45, 2.75) is 19.4 Å².